The molecule has 78 valence electrons. The number of ether oxygens (including phenoxy) is 1. The van der Waals surface area contributed by atoms with Gasteiger partial charge in [-0.1, -0.05) is 6.08 Å². The Morgan fingerprint density at radius 2 is 2.00 bits per heavy atom. The highest BCUT2D eigenvalue weighted by Crippen LogP contribution is 1.92. The molecule has 14 heavy (non-hydrogen) atoms. The van der Waals surface area contributed by atoms with Gasteiger partial charge in [-0.05, 0) is 13.8 Å². The molecule has 3 N–H and O–H groups in total. The first kappa shape index (κ1) is 12.2. The van der Waals surface area contributed by atoms with Gasteiger partial charge in [0.2, 0.25) is 0 Å². The quantitative estimate of drug-likeness (QED) is 0.482. The first-order valence-corrected chi connectivity index (χ1v) is 3.91. The maximum absolute atomic E-state index is 11.0. The average molecular weight is 200 g/mol. The number of urea groups is 1. The zero-order valence-corrected chi connectivity index (χ0v) is 7.94. The number of hydrogen-bond donors (Lipinski definition) is 2. The summed E-state index contributed by atoms with van der Waals surface area (Å²) in [5.41, 5.74) is 4.70. The van der Waals surface area contributed by atoms with Crippen molar-refractivity contribution >= 4 is 17.9 Å². The summed E-state index contributed by atoms with van der Waals surface area (Å²) in [5.74, 6) is -1.41. The second-order valence-electron chi connectivity index (χ2n) is 2.43. The SMILES string of the molecule is C/C=C/C(=O)O[C@H](C)C(=O)NC(N)=O. The Balaban J connectivity index is 4.07. The van der Waals surface area contributed by atoms with E-state index in [0.717, 1.165) is 6.08 Å². The number of primary amides is 1. The van der Waals surface area contributed by atoms with E-state index in [0.29, 0.717) is 0 Å². The van der Waals surface area contributed by atoms with Crippen molar-refractivity contribution in [1.82, 2.24) is 5.32 Å². The fourth-order valence-corrected chi connectivity index (χ4v) is 0.626. The highest BCUT2D eigenvalue weighted by molar-refractivity contribution is 5.97. The maximum atomic E-state index is 11.0. The Hall–Kier alpha value is -1.85. The van der Waals surface area contributed by atoms with Crippen molar-refractivity contribution in [3.8, 4) is 0 Å². The minimum absolute atomic E-state index is 0.653. The van der Waals surface area contributed by atoms with Crippen LogP contribution in [0.3, 0.4) is 0 Å². The van der Waals surface area contributed by atoms with E-state index in [9.17, 15) is 14.4 Å². The van der Waals surface area contributed by atoms with Crippen LogP contribution in [0.4, 0.5) is 4.79 Å². The fourth-order valence-electron chi connectivity index (χ4n) is 0.626. The normalized spacial score (nSPS) is 12.1. The third-order valence-electron chi connectivity index (χ3n) is 1.21. The molecule has 0 aliphatic carbocycles. The molecule has 0 aromatic rings. The van der Waals surface area contributed by atoms with Crippen molar-refractivity contribution in [2.45, 2.75) is 20.0 Å². The molecule has 0 aromatic heterocycles. The first-order chi connectivity index (χ1) is 6.47. The van der Waals surface area contributed by atoms with E-state index in [1.54, 1.807) is 12.2 Å². The van der Waals surface area contributed by atoms with Crippen molar-refractivity contribution in [3.63, 3.8) is 0 Å². The van der Waals surface area contributed by atoms with Gasteiger partial charge >= 0.3 is 12.0 Å². The molecule has 0 bridgehead atoms. The summed E-state index contributed by atoms with van der Waals surface area (Å²) < 4.78 is 4.61. The number of hydrogen-bond acceptors (Lipinski definition) is 4. The van der Waals surface area contributed by atoms with Crippen LogP contribution >= 0.6 is 0 Å². The Kier molecular flexibility index (Phi) is 4.98. The molecule has 0 aliphatic rings. The van der Waals surface area contributed by atoms with Gasteiger partial charge in [0, 0.05) is 6.08 Å². The van der Waals surface area contributed by atoms with Crippen molar-refractivity contribution in [1.29, 1.82) is 0 Å². The molecular formula is C8H12N2O4. The zero-order chi connectivity index (χ0) is 11.1. The summed E-state index contributed by atoms with van der Waals surface area (Å²) in [6.45, 7) is 2.97. The fraction of sp³-hybridized carbons (Fsp3) is 0.375. The number of allylic oxidation sites excluding steroid dienone is 1. The minimum atomic E-state index is -1.05. The van der Waals surface area contributed by atoms with Crippen LogP contribution in [0.2, 0.25) is 0 Å². The summed E-state index contributed by atoms with van der Waals surface area (Å²) in [6, 6.07) is -0.982. The van der Waals surface area contributed by atoms with E-state index < -0.39 is 24.0 Å². The molecule has 0 saturated heterocycles. The van der Waals surface area contributed by atoms with Crippen LogP contribution < -0.4 is 11.1 Å². The molecular weight excluding hydrogens is 188 g/mol. The highest BCUT2D eigenvalue weighted by atomic mass is 16.5. The Morgan fingerprint density at radius 1 is 1.43 bits per heavy atom. The van der Waals surface area contributed by atoms with Crippen molar-refractivity contribution in [2.24, 2.45) is 5.73 Å². The molecule has 0 unspecified atom stereocenters. The monoisotopic (exact) mass is 200 g/mol. The minimum Gasteiger partial charge on any atom is -0.449 e. The van der Waals surface area contributed by atoms with Crippen molar-refractivity contribution in [3.05, 3.63) is 12.2 Å². The summed E-state index contributed by atoms with van der Waals surface area (Å²) in [4.78, 5) is 32.1. The molecule has 6 heteroatoms. The molecule has 0 aromatic carbocycles. The number of nitrogens with one attached hydrogen (secondary N) is 1. The van der Waals surface area contributed by atoms with Gasteiger partial charge in [0.1, 0.15) is 0 Å². The highest BCUT2D eigenvalue weighted by Gasteiger charge is 2.17. The number of rotatable bonds is 3. The van der Waals surface area contributed by atoms with Gasteiger partial charge in [-0.3, -0.25) is 10.1 Å². The zero-order valence-electron chi connectivity index (χ0n) is 7.94. The van der Waals surface area contributed by atoms with Crippen LogP contribution in [0, 0.1) is 0 Å². The number of amides is 3. The number of esters is 1. The van der Waals surface area contributed by atoms with Gasteiger partial charge in [0.15, 0.2) is 6.10 Å². The van der Waals surface area contributed by atoms with Crippen LogP contribution in [0.25, 0.3) is 0 Å². The lowest BCUT2D eigenvalue weighted by molar-refractivity contribution is -0.149. The maximum Gasteiger partial charge on any atom is 0.331 e. The van der Waals surface area contributed by atoms with E-state index in [4.69, 9.17) is 5.73 Å². The molecule has 0 saturated carbocycles. The lowest BCUT2D eigenvalue weighted by atomic mass is 10.4. The molecule has 0 heterocycles. The molecule has 6 nitrogen and oxygen atoms in total. The Morgan fingerprint density at radius 3 is 2.43 bits per heavy atom. The van der Waals surface area contributed by atoms with Gasteiger partial charge in [-0.25, -0.2) is 9.59 Å². The number of carbonyl (C=O) groups excluding carboxylic acids is 3. The third kappa shape index (κ3) is 4.91. The number of imide groups is 1. The summed E-state index contributed by atoms with van der Waals surface area (Å²) in [6.07, 6.45) is 1.58. The predicted octanol–water partition coefficient (Wildman–Crippen LogP) is -0.311. The van der Waals surface area contributed by atoms with E-state index >= 15 is 0 Å². The van der Waals surface area contributed by atoms with Crippen LogP contribution in [-0.2, 0) is 14.3 Å². The number of carbonyl (C=O) groups is 3. The van der Waals surface area contributed by atoms with E-state index in [1.807, 2.05) is 0 Å². The lowest BCUT2D eigenvalue weighted by Gasteiger charge is -2.09. The van der Waals surface area contributed by atoms with Crippen LogP contribution in [0.1, 0.15) is 13.8 Å². The van der Waals surface area contributed by atoms with E-state index in [1.165, 1.54) is 13.0 Å². The van der Waals surface area contributed by atoms with Gasteiger partial charge in [-0.15, -0.1) is 0 Å². The Labute approximate surface area is 81.1 Å². The molecule has 3 amide bonds. The summed E-state index contributed by atoms with van der Waals surface area (Å²) >= 11 is 0. The van der Waals surface area contributed by atoms with E-state index in [2.05, 4.69) is 4.74 Å². The van der Waals surface area contributed by atoms with Gasteiger partial charge in [0.05, 0.1) is 0 Å². The van der Waals surface area contributed by atoms with Crippen LogP contribution in [-0.4, -0.2) is 24.0 Å². The third-order valence-corrected chi connectivity index (χ3v) is 1.21. The lowest BCUT2D eigenvalue weighted by Crippen LogP contribution is -2.42. The van der Waals surface area contributed by atoms with Crippen molar-refractivity contribution in [2.75, 3.05) is 0 Å². The molecule has 0 spiro atoms. The molecule has 0 fully saturated rings. The van der Waals surface area contributed by atoms with Gasteiger partial charge in [-0.2, -0.15) is 0 Å². The predicted molar refractivity (Wildman–Crippen MR) is 48.1 cm³/mol. The summed E-state index contributed by atoms with van der Waals surface area (Å²) in [7, 11) is 0. The van der Waals surface area contributed by atoms with Crippen LogP contribution in [0.15, 0.2) is 12.2 Å². The van der Waals surface area contributed by atoms with Crippen LogP contribution in [0.5, 0.6) is 0 Å². The second kappa shape index (κ2) is 5.74. The largest absolute Gasteiger partial charge is 0.449 e. The molecule has 1 atom stereocenters. The topological polar surface area (TPSA) is 98.5 Å². The smallest absolute Gasteiger partial charge is 0.331 e. The van der Waals surface area contributed by atoms with Gasteiger partial charge in [0.25, 0.3) is 5.91 Å². The summed E-state index contributed by atoms with van der Waals surface area (Å²) in [5, 5.41) is 1.79. The molecule has 0 radical (unpaired) electrons. The molecule has 0 aliphatic heterocycles. The first-order valence-electron chi connectivity index (χ1n) is 3.91. The number of nitrogens with two attached hydrogens (primary N) is 1. The molecule has 0 rings (SSSR count). The van der Waals surface area contributed by atoms with Crippen molar-refractivity contribution < 1.29 is 19.1 Å². The second-order valence-corrected chi connectivity index (χ2v) is 2.43. The Bertz CT molecular complexity index is 273. The van der Waals surface area contributed by atoms with E-state index in [-0.39, 0.29) is 0 Å². The average Bonchev–Trinajstić information content (AvgIpc) is 2.02. The standard InChI is InChI=1S/C8H12N2O4/c1-3-4-6(11)14-5(2)7(12)10-8(9)13/h3-5H,1-2H3,(H3,9,10,12,13)/b4-3+/t5-/m1/s1. The van der Waals surface area contributed by atoms with Gasteiger partial charge < -0.3 is 10.5 Å².